The Morgan fingerprint density at radius 3 is 2.69 bits per heavy atom. The largest absolute Gasteiger partial charge is 0.497 e. The lowest BCUT2D eigenvalue weighted by Crippen LogP contribution is -2.11. The molecule has 0 aliphatic heterocycles. The van der Waals surface area contributed by atoms with Gasteiger partial charge < -0.3 is 4.74 Å². The number of ether oxygens (including phenoxy) is 1. The van der Waals surface area contributed by atoms with Gasteiger partial charge in [0.1, 0.15) is 5.75 Å². The molecule has 1 N–H and O–H groups in total. The van der Waals surface area contributed by atoms with Crippen LogP contribution >= 0.6 is 11.3 Å². The number of carbonyl (C=O) groups excluding carboxylic acids is 1. The highest BCUT2D eigenvalue weighted by Crippen LogP contribution is 2.29. The number of methoxy groups -OCH3 is 1. The van der Waals surface area contributed by atoms with Crippen LogP contribution in [0, 0.1) is 0 Å². The van der Waals surface area contributed by atoms with Gasteiger partial charge >= 0.3 is 0 Å². The topological polar surface area (TPSA) is 51.2 Å². The first kappa shape index (κ1) is 20.8. The summed E-state index contributed by atoms with van der Waals surface area (Å²) in [4.78, 5) is 17.0. The second kappa shape index (κ2) is 10.0. The van der Waals surface area contributed by atoms with Gasteiger partial charge in [0.15, 0.2) is 5.13 Å². The predicted octanol–water partition coefficient (Wildman–Crippen LogP) is 6.40. The minimum Gasteiger partial charge on any atom is -0.497 e. The van der Waals surface area contributed by atoms with E-state index in [4.69, 9.17) is 4.74 Å². The molecule has 0 atom stereocenters. The lowest BCUT2D eigenvalue weighted by molar-refractivity contribution is 0.102. The Hall–Kier alpha value is -2.92. The zero-order chi connectivity index (χ0) is 20.6. The number of nitrogens with one attached hydrogen (secondary N) is 1. The van der Waals surface area contributed by atoms with E-state index in [-0.39, 0.29) is 5.91 Å². The van der Waals surface area contributed by atoms with Crippen LogP contribution in [0.15, 0.2) is 66.3 Å². The van der Waals surface area contributed by atoms with Crippen molar-refractivity contribution in [3.05, 3.63) is 77.4 Å². The summed E-state index contributed by atoms with van der Waals surface area (Å²) in [6, 6.07) is 13.5. The van der Waals surface area contributed by atoms with E-state index in [1.165, 1.54) is 22.5 Å². The molecule has 0 radical (unpaired) electrons. The summed E-state index contributed by atoms with van der Waals surface area (Å²) >= 11 is 1.44. The Kier molecular flexibility index (Phi) is 7.19. The van der Waals surface area contributed by atoms with Crippen LogP contribution in [0.4, 0.5) is 5.13 Å². The highest BCUT2D eigenvalue weighted by molar-refractivity contribution is 7.22. The average molecular weight is 407 g/mol. The highest BCUT2D eigenvalue weighted by Gasteiger charge is 2.10. The maximum absolute atomic E-state index is 12.6. The summed E-state index contributed by atoms with van der Waals surface area (Å²) in [6.07, 6.45) is 9.50. The molecule has 150 valence electrons. The fourth-order valence-electron chi connectivity index (χ4n) is 3.10. The third-order valence-corrected chi connectivity index (χ3v) is 5.52. The van der Waals surface area contributed by atoms with Gasteiger partial charge in [0.05, 0.1) is 17.3 Å². The van der Waals surface area contributed by atoms with Gasteiger partial charge in [-0.1, -0.05) is 54.2 Å². The Labute approximate surface area is 175 Å². The zero-order valence-corrected chi connectivity index (χ0v) is 17.9. The van der Waals surface area contributed by atoms with Crippen molar-refractivity contribution in [2.45, 2.75) is 33.1 Å². The summed E-state index contributed by atoms with van der Waals surface area (Å²) in [5, 5.41) is 3.48. The number of anilines is 1. The number of hydrogen-bond donors (Lipinski definition) is 1. The minimum atomic E-state index is -0.150. The van der Waals surface area contributed by atoms with Gasteiger partial charge in [-0.05, 0) is 62.1 Å². The van der Waals surface area contributed by atoms with Gasteiger partial charge in [-0.15, -0.1) is 0 Å². The first-order valence-corrected chi connectivity index (χ1v) is 10.6. The molecular weight excluding hydrogens is 380 g/mol. The number of rotatable bonds is 8. The number of carbonyl (C=O) groups is 1. The fourth-order valence-corrected chi connectivity index (χ4v) is 3.99. The quantitative estimate of drug-likeness (QED) is 0.440. The SMILES string of the molecule is CC=CC(=CCC)CCc1ccc(C(=O)Nc2nc3ccc(OC)cc3s2)cc1. The molecule has 0 spiro atoms. The van der Waals surface area contributed by atoms with Crippen LogP contribution in [0.5, 0.6) is 5.75 Å². The van der Waals surface area contributed by atoms with E-state index in [0.717, 1.165) is 35.2 Å². The number of aromatic nitrogens is 1. The van der Waals surface area contributed by atoms with Crippen LogP contribution in [-0.4, -0.2) is 18.0 Å². The molecule has 0 saturated heterocycles. The van der Waals surface area contributed by atoms with Gasteiger partial charge in [0, 0.05) is 5.56 Å². The van der Waals surface area contributed by atoms with Crippen molar-refractivity contribution >= 4 is 32.6 Å². The van der Waals surface area contributed by atoms with Crippen LogP contribution in [0.1, 0.15) is 42.6 Å². The fraction of sp³-hybridized carbons (Fsp3) is 0.250. The van der Waals surface area contributed by atoms with E-state index in [2.05, 4.69) is 35.5 Å². The normalized spacial score (nSPS) is 11.9. The second-order valence-corrected chi connectivity index (χ2v) is 7.72. The van der Waals surface area contributed by atoms with Gasteiger partial charge in [-0.3, -0.25) is 10.1 Å². The lowest BCUT2D eigenvalue weighted by Gasteiger charge is -2.05. The Morgan fingerprint density at radius 1 is 1.21 bits per heavy atom. The number of thiazole rings is 1. The summed E-state index contributed by atoms with van der Waals surface area (Å²) < 4.78 is 6.22. The Balaban J connectivity index is 1.63. The van der Waals surface area contributed by atoms with E-state index in [9.17, 15) is 4.79 Å². The molecule has 1 amide bonds. The Bertz CT molecular complexity index is 1030. The first-order valence-electron chi connectivity index (χ1n) is 9.79. The smallest absolute Gasteiger partial charge is 0.257 e. The molecule has 5 heteroatoms. The summed E-state index contributed by atoms with van der Waals surface area (Å²) in [5.41, 5.74) is 4.05. The molecule has 0 unspecified atom stereocenters. The number of fused-ring (bicyclic) bond motifs is 1. The van der Waals surface area contributed by atoms with Crippen molar-refractivity contribution in [1.82, 2.24) is 4.98 Å². The van der Waals surface area contributed by atoms with Crippen LogP contribution in [-0.2, 0) is 6.42 Å². The molecule has 0 aliphatic rings. The number of allylic oxidation sites excluding steroid dienone is 4. The van der Waals surface area contributed by atoms with E-state index in [1.807, 2.05) is 49.4 Å². The highest BCUT2D eigenvalue weighted by atomic mass is 32.1. The Morgan fingerprint density at radius 2 is 2.00 bits per heavy atom. The van der Waals surface area contributed by atoms with Crippen molar-refractivity contribution in [1.29, 1.82) is 0 Å². The summed E-state index contributed by atoms with van der Waals surface area (Å²) in [7, 11) is 1.63. The lowest BCUT2D eigenvalue weighted by atomic mass is 10.0. The maximum atomic E-state index is 12.6. The summed E-state index contributed by atoms with van der Waals surface area (Å²) in [5.74, 6) is 0.629. The van der Waals surface area contributed by atoms with Crippen LogP contribution in [0.25, 0.3) is 10.2 Å². The molecule has 3 aromatic rings. The molecule has 3 rings (SSSR count). The zero-order valence-electron chi connectivity index (χ0n) is 17.1. The van der Waals surface area contributed by atoms with Gasteiger partial charge in [0.25, 0.3) is 5.91 Å². The van der Waals surface area contributed by atoms with Gasteiger partial charge in [-0.25, -0.2) is 4.98 Å². The van der Waals surface area contributed by atoms with E-state index < -0.39 is 0 Å². The minimum absolute atomic E-state index is 0.150. The first-order chi connectivity index (χ1) is 14.1. The van der Waals surface area contributed by atoms with E-state index in [0.29, 0.717) is 10.7 Å². The molecule has 1 aromatic heterocycles. The number of nitrogens with zero attached hydrogens (tertiary/aromatic N) is 1. The van der Waals surface area contributed by atoms with Crippen molar-refractivity contribution in [2.24, 2.45) is 0 Å². The number of amides is 1. The molecule has 2 aromatic carbocycles. The molecule has 4 nitrogen and oxygen atoms in total. The maximum Gasteiger partial charge on any atom is 0.257 e. The molecule has 29 heavy (non-hydrogen) atoms. The molecule has 1 heterocycles. The summed E-state index contributed by atoms with van der Waals surface area (Å²) in [6.45, 7) is 4.19. The molecule has 0 bridgehead atoms. The van der Waals surface area contributed by atoms with Crippen molar-refractivity contribution in [3.63, 3.8) is 0 Å². The molecular formula is C24H26N2O2S. The van der Waals surface area contributed by atoms with Crippen molar-refractivity contribution < 1.29 is 9.53 Å². The molecule has 0 fully saturated rings. The second-order valence-electron chi connectivity index (χ2n) is 6.69. The average Bonchev–Trinajstić information content (AvgIpc) is 3.14. The van der Waals surface area contributed by atoms with Crippen molar-refractivity contribution in [2.75, 3.05) is 12.4 Å². The van der Waals surface area contributed by atoms with Gasteiger partial charge in [0.2, 0.25) is 0 Å². The molecule has 0 saturated carbocycles. The monoisotopic (exact) mass is 406 g/mol. The predicted molar refractivity (Wildman–Crippen MR) is 122 cm³/mol. The number of hydrogen-bond acceptors (Lipinski definition) is 4. The van der Waals surface area contributed by atoms with Crippen molar-refractivity contribution in [3.8, 4) is 5.75 Å². The third-order valence-electron chi connectivity index (χ3n) is 4.58. The van der Waals surface area contributed by atoms with E-state index >= 15 is 0 Å². The van der Waals surface area contributed by atoms with E-state index in [1.54, 1.807) is 7.11 Å². The number of benzene rings is 2. The standard InChI is InChI=1S/C24H26N2O2S/c1-4-6-17(7-5-2)8-9-18-10-12-19(13-11-18)23(27)26-24-25-21-15-14-20(28-3)16-22(21)29-24/h4,6-7,10-16H,5,8-9H2,1-3H3,(H,25,26,27). The van der Waals surface area contributed by atoms with Gasteiger partial charge in [-0.2, -0.15) is 0 Å². The molecule has 0 aliphatic carbocycles. The van der Waals surface area contributed by atoms with Crippen LogP contribution < -0.4 is 10.1 Å². The third kappa shape index (κ3) is 5.55. The number of aryl methyl sites for hydroxylation is 1. The van der Waals surface area contributed by atoms with Crippen LogP contribution in [0.2, 0.25) is 0 Å². The van der Waals surface area contributed by atoms with Crippen LogP contribution in [0.3, 0.4) is 0 Å².